The molecule has 0 spiro atoms. The zero-order chi connectivity index (χ0) is 36.8. The number of rotatable bonds is 9. The molecule has 3 aromatic carbocycles. The summed E-state index contributed by atoms with van der Waals surface area (Å²) in [4.78, 5) is 51.2. The van der Waals surface area contributed by atoms with Gasteiger partial charge in [-0.2, -0.15) is 0 Å². The predicted octanol–water partition coefficient (Wildman–Crippen LogP) is 5.51. The summed E-state index contributed by atoms with van der Waals surface area (Å²) in [6.45, 7) is 7.10. The first kappa shape index (κ1) is 34.8. The van der Waals surface area contributed by atoms with Crippen molar-refractivity contribution in [3.8, 4) is 11.4 Å². The number of carbonyl (C=O) groups excluding carboxylic acids is 2. The molecular weight excluding hydrogens is 681 g/mol. The van der Waals surface area contributed by atoms with Gasteiger partial charge in [0.25, 0.3) is 15.6 Å². The smallest absolute Gasteiger partial charge is 0.355 e. The molecular formula is C40H38N4O7S. The lowest BCUT2D eigenvalue weighted by Crippen LogP contribution is -2.48. The number of aliphatic imine (C=N–C) groups is 1. The van der Waals surface area contributed by atoms with Gasteiger partial charge in [0.15, 0.2) is 0 Å². The number of hydrogen-bond donors (Lipinski definition) is 1. The lowest BCUT2D eigenvalue weighted by molar-refractivity contribution is -0.190. The number of sulfonamides is 1. The van der Waals surface area contributed by atoms with Crippen molar-refractivity contribution >= 4 is 38.7 Å². The first-order chi connectivity index (χ1) is 25.0. The zero-order valence-electron chi connectivity index (χ0n) is 29.3. The van der Waals surface area contributed by atoms with Crippen LogP contribution in [0.2, 0.25) is 0 Å². The van der Waals surface area contributed by atoms with Gasteiger partial charge in [0.05, 0.1) is 33.9 Å². The van der Waals surface area contributed by atoms with E-state index in [1.165, 1.54) is 19.1 Å². The number of amidine groups is 1. The fourth-order valence-electron chi connectivity index (χ4n) is 7.05. The third-order valence-corrected chi connectivity index (χ3v) is 11.2. The fraction of sp³-hybridized carbons (Fsp3) is 0.275. The molecule has 0 radical (unpaired) electrons. The average molecular weight is 719 g/mol. The summed E-state index contributed by atoms with van der Waals surface area (Å²) in [6, 6.07) is 23.8. The largest absolute Gasteiger partial charge is 0.457 e. The van der Waals surface area contributed by atoms with Crippen molar-refractivity contribution in [3.05, 3.63) is 129 Å². The van der Waals surface area contributed by atoms with Crippen LogP contribution in [-0.2, 0) is 60.7 Å². The molecule has 4 heterocycles. The molecule has 0 fully saturated rings. The number of nitrogens with zero attached hydrogens (tertiary/aromatic N) is 3. The summed E-state index contributed by atoms with van der Waals surface area (Å²) >= 11 is 0. The van der Waals surface area contributed by atoms with Crippen molar-refractivity contribution in [1.82, 2.24) is 14.3 Å². The van der Waals surface area contributed by atoms with Crippen molar-refractivity contribution in [2.75, 3.05) is 0 Å². The number of aromatic nitrogens is 2. The molecule has 1 unspecified atom stereocenters. The van der Waals surface area contributed by atoms with E-state index in [0.29, 0.717) is 17.9 Å². The molecule has 266 valence electrons. The molecule has 11 nitrogen and oxygen atoms in total. The van der Waals surface area contributed by atoms with Gasteiger partial charge in [-0.05, 0) is 62.1 Å². The number of nitrogens with one attached hydrogen (secondary N) is 1. The second kappa shape index (κ2) is 13.5. The lowest BCUT2D eigenvalue weighted by atomic mass is 9.85. The molecule has 0 amide bonds. The van der Waals surface area contributed by atoms with E-state index in [2.05, 4.69) is 16.6 Å². The molecule has 5 aromatic rings. The number of esters is 2. The molecule has 7 rings (SSSR count). The molecule has 0 saturated heterocycles. The molecule has 2 atom stereocenters. The van der Waals surface area contributed by atoms with Crippen LogP contribution in [0.25, 0.3) is 22.3 Å². The number of benzene rings is 3. The van der Waals surface area contributed by atoms with Crippen LogP contribution in [0.15, 0.2) is 99.6 Å². The Balaban J connectivity index is 1.26. The van der Waals surface area contributed by atoms with Gasteiger partial charge < -0.3 is 14.0 Å². The summed E-state index contributed by atoms with van der Waals surface area (Å²) in [6.07, 6.45) is 0.772. The minimum atomic E-state index is -4.06. The van der Waals surface area contributed by atoms with Crippen LogP contribution in [0.4, 0.5) is 0 Å². The van der Waals surface area contributed by atoms with Crippen LogP contribution in [0.1, 0.15) is 60.6 Å². The van der Waals surface area contributed by atoms with E-state index >= 15 is 0 Å². The summed E-state index contributed by atoms with van der Waals surface area (Å²) in [5, 5.41) is 1.02. The van der Waals surface area contributed by atoms with Gasteiger partial charge in [-0.1, -0.05) is 80.1 Å². The van der Waals surface area contributed by atoms with Gasteiger partial charge in [0.1, 0.15) is 18.5 Å². The normalized spacial score (nSPS) is 17.2. The molecule has 12 heteroatoms. The summed E-state index contributed by atoms with van der Waals surface area (Å²) in [7, 11) is -4.06. The SMILES string of the molecule is CCc1c2c(nc3ccccc13)-c1cc3c(c(=O)n1C2)COC(=O)[C@@]3(CC)OC(=O)C(C)N=C(Cc1ccccc1)NS(=O)(=O)c1ccc(C)cc1. The van der Waals surface area contributed by atoms with Crippen LogP contribution in [0.3, 0.4) is 0 Å². The summed E-state index contributed by atoms with van der Waals surface area (Å²) < 4.78 is 42.6. The van der Waals surface area contributed by atoms with Crippen LogP contribution < -0.4 is 10.3 Å². The Bertz CT molecular complexity index is 2440. The number of aryl methyl sites for hydroxylation is 2. The third-order valence-electron chi connectivity index (χ3n) is 9.80. The highest BCUT2D eigenvalue weighted by Crippen LogP contribution is 2.42. The Labute approximate surface area is 301 Å². The number of ether oxygens (including phenoxy) is 2. The summed E-state index contributed by atoms with van der Waals surface area (Å²) in [5.41, 5.74) is 3.83. The minimum absolute atomic E-state index is 0.00564. The molecule has 2 aromatic heterocycles. The van der Waals surface area contributed by atoms with Crippen LogP contribution >= 0.6 is 0 Å². The van der Waals surface area contributed by atoms with E-state index in [-0.39, 0.29) is 46.9 Å². The number of carbonyl (C=O) groups is 2. The predicted molar refractivity (Wildman–Crippen MR) is 196 cm³/mol. The van der Waals surface area contributed by atoms with Gasteiger partial charge in [0.2, 0.25) is 5.60 Å². The number of pyridine rings is 2. The second-order valence-corrected chi connectivity index (χ2v) is 14.8. The monoisotopic (exact) mass is 718 g/mol. The zero-order valence-corrected chi connectivity index (χ0v) is 30.1. The topological polar surface area (TPSA) is 146 Å². The number of cyclic esters (lactones) is 1. The van der Waals surface area contributed by atoms with E-state index in [0.717, 1.165) is 39.6 Å². The Kier molecular flexibility index (Phi) is 9.04. The fourth-order valence-corrected chi connectivity index (χ4v) is 8.09. The molecule has 0 saturated carbocycles. The summed E-state index contributed by atoms with van der Waals surface area (Å²) in [5.74, 6) is -1.70. The molecule has 2 aliphatic rings. The average Bonchev–Trinajstić information content (AvgIpc) is 3.50. The van der Waals surface area contributed by atoms with E-state index in [4.69, 9.17) is 14.5 Å². The van der Waals surface area contributed by atoms with E-state index in [1.54, 1.807) is 29.7 Å². The van der Waals surface area contributed by atoms with Crippen LogP contribution in [0, 0.1) is 6.92 Å². The van der Waals surface area contributed by atoms with Crippen molar-refractivity contribution in [1.29, 1.82) is 0 Å². The second-order valence-electron chi connectivity index (χ2n) is 13.1. The maximum absolute atomic E-state index is 14.1. The van der Waals surface area contributed by atoms with E-state index in [9.17, 15) is 22.8 Å². The first-order valence-corrected chi connectivity index (χ1v) is 18.7. The highest BCUT2D eigenvalue weighted by atomic mass is 32.2. The molecule has 52 heavy (non-hydrogen) atoms. The van der Waals surface area contributed by atoms with Gasteiger partial charge in [-0.15, -0.1) is 0 Å². The van der Waals surface area contributed by atoms with Gasteiger partial charge >= 0.3 is 11.9 Å². The van der Waals surface area contributed by atoms with Gasteiger partial charge in [-0.3, -0.25) is 14.5 Å². The standard InChI is InChI=1S/C40H38N4O7S/c1-5-28-29-14-10-11-15-33(29)42-36-30(28)22-44-34(36)21-32-31(37(44)45)23-50-39(47)40(32,6-2)51-38(46)25(4)41-35(20-26-12-8-7-9-13-26)43-52(48,49)27-18-16-24(3)17-19-27/h7-19,21,25H,5-6,20,22-23H2,1-4H3,(H,41,43)/t25?,40-/m0/s1. The number of hydrogen-bond acceptors (Lipinski definition) is 9. The van der Waals surface area contributed by atoms with Crippen molar-refractivity contribution in [2.45, 2.75) is 76.6 Å². The highest BCUT2D eigenvalue weighted by Gasteiger charge is 2.51. The van der Waals surface area contributed by atoms with Crippen molar-refractivity contribution in [3.63, 3.8) is 0 Å². The van der Waals surface area contributed by atoms with Gasteiger partial charge in [-0.25, -0.2) is 23.0 Å². The highest BCUT2D eigenvalue weighted by molar-refractivity contribution is 7.90. The number of para-hydroxylation sites is 1. The Hall–Kier alpha value is -5.62. The quantitative estimate of drug-likeness (QED) is 0.117. The maximum atomic E-state index is 14.1. The third kappa shape index (κ3) is 6.06. The van der Waals surface area contributed by atoms with Crippen LogP contribution in [0.5, 0.6) is 0 Å². The Morgan fingerprint density at radius 3 is 2.44 bits per heavy atom. The minimum Gasteiger partial charge on any atom is -0.457 e. The first-order valence-electron chi connectivity index (χ1n) is 17.2. The van der Waals surface area contributed by atoms with Gasteiger partial charge in [0, 0.05) is 22.9 Å². The lowest BCUT2D eigenvalue weighted by Gasteiger charge is -2.36. The molecule has 0 aliphatic carbocycles. The van der Waals surface area contributed by atoms with E-state index in [1.807, 2.05) is 61.5 Å². The molecule has 1 N–H and O–H groups in total. The van der Waals surface area contributed by atoms with Crippen molar-refractivity contribution in [2.24, 2.45) is 4.99 Å². The Morgan fingerprint density at radius 1 is 1.02 bits per heavy atom. The van der Waals surface area contributed by atoms with E-state index < -0.39 is 33.6 Å². The molecule has 2 aliphatic heterocycles. The molecule has 0 bridgehead atoms. The Morgan fingerprint density at radius 2 is 1.73 bits per heavy atom. The maximum Gasteiger partial charge on any atom is 0.355 e. The number of fused-ring (bicyclic) bond motifs is 5. The van der Waals surface area contributed by atoms with Crippen molar-refractivity contribution < 1.29 is 27.5 Å². The van der Waals surface area contributed by atoms with Crippen LogP contribution in [-0.4, -0.2) is 41.8 Å².